The second kappa shape index (κ2) is 7.58. The van der Waals surface area contributed by atoms with Crippen molar-refractivity contribution in [2.24, 2.45) is 5.92 Å². The molecule has 0 unspecified atom stereocenters. The molecule has 1 saturated heterocycles. The molecule has 1 fully saturated rings. The molecule has 0 aliphatic carbocycles. The van der Waals surface area contributed by atoms with E-state index in [0.717, 1.165) is 24.3 Å². The summed E-state index contributed by atoms with van der Waals surface area (Å²) in [7, 11) is -3.97. The zero-order valence-corrected chi connectivity index (χ0v) is 15.4. The fourth-order valence-electron chi connectivity index (χ4n) is 3.26. The predicted octanol–water partition coefficient (Wildman–Crippen LogP) is 2.86. The van der Waals surface area contributed by atoms with Gasteiger partial charge in [-0.3, -0.25) is 14.3 Å². The summed E-state index contributed by atoms with van der Waals surface area (Å²) < 4.78 is 29.1. The third-order valence-corrected chi connectivity index (χ3v) is 5.85. The molecule has 1 heterocycles. The number of nitro benzene ring substituents is 1. The van der Waals surface area contributed by atoms with E-state index >= 15 is 0 Å². The van der Waals surface area contributed by atoms with E-state index in [2.05, 4.69) is 0 Å². The molecule has 0 radical (unpaired) electrons. The van der Waals surface area contributed by atoms with Crippen LogP contribution < -0.4 is 0 Å². The maximum absolute atomic E-state index is 12.1. The lowest BCUT2D eigenvalue weighted by atomic mass is 9.93. The van der Waals surface area contributed by atoms with E-state index in [-0.39, 0.29) is 23.1 Å². The van der Waals surface area contributed by atoms with Crippen LogP contribution >= 0.6 is 0 Å². The second-order valence-corrected chi connectivity index (χ2v) is 8.56. The summed E-state index contributed by atoms with van der Waals surface area (Å²) in [6, 6.07) is 4.49. The Hall–Kier alpha value is -2.20. The van der Waals surface area contributed by atoms with Gasteiger partial charge >= 0.3 is 6.09 Å². The first kappa shape index (κ1) is 20.1. The molecule has 144 valence electrons. The molecule has 0 aromatic heterocycles. The van der Waals surface area contributed by atoms with E-state index in [0.29, 0.717) is 25.8 Å². The summed E-state index contributed by atoms with van der Waals surface area (Å²) in [5.74, 6) is 0.159. The van der Waals surface area contributed by atoms with Gasteiger partial charge in [0.25, 0.3) is 15.8 Å². The van der Waals surface area contributed by atoms with Gasteiger partial charge in [0.15, 0.2) is 0 Å². The number of carbonyl (C=O) groups is 1. The third-order valence-electron chi connectivity index (χ3n) is 4.52. The average Bonchev–Trinajstić information content (AvgIpc) is 2.86. The number of hydrogen-bond donors (Lipinski definition) is 1. The van der Waals surface area contributed by atoms with Crippen LogP contribution in [-0.2, 0) is 14.3 Å². The van der Waals surface area contributed by atoms with Gasteiger partial charge in [0.2, 0.25) is 0 Å². The minimum atomic E-state index is -3.97. The zero-order chi connectivity index (χ0) is 19.5. The van der Waals surface area contributed by atoms with Gasteiger partial charge in [-0.05, 0) is 51.2 Å². The standard InChI is InChI=1S/C16H22N2O7S/c1-16(2)10-12(11-17(16)15(19)20)4-3-9-25-26(23,24)14-7-5-13(6-8-14)18(21)22/h5-8,12H,3-4,9-11H2,1-2H3,(H,19,20)/t12-/m0/s1. The van der Waals surface area contributed by atoms with Crippen molar-refractivity contribution in [2.75, 3.05) is 13.2 Å². The minimum absolute atomic E-state index is 0.0245. The number of benzene rings is 1. The number of nitrogens with zero attached hydrogens (tertiary/aromatic N) is 2. The van der Waals surface area contributed by atoms with Crippen LogP contribution in [0.1, 0.15) is 33.1 Å². The van der Waals surface area contributed by atoms with Crippen molar-refractivity contribution >= 4 is 21.9 Å². The molecular formula is C16H22N2O7S. The van der Waals surface area contributed by atoms with Crippen LogP contribution in [0.2, 0.25) is 0 Å². The summed E-state index contributed by atoms with van der Waals surface area (Å²) in [4.78, 5) is 22.5. The van der Waals surface area contributed by atoms with Gasteiger partial charge in [0, 0.05) is 24.2 Å². The Morgan fingerprint density at radius 3 is 2.50 bits per heavy atom. The summed E-state index contributed by atoms with van der Waals surface area (Å²) in [6.45, 7) is 4.15. The van der Waals surface area contributed by atoms with Gasteiger partial charge in [-0.1, -0.05) is 0 Å². The molecule has 1 aliphatic heterocycles. The molecule has 10 heteroatoms. The van der Waals surface area contributed by atoms with Gasteiger partial charge in [-0.2, -0.15) is 8.42 Å². The van der Waals surface area contributed by atoms with E-state index in [4.69, 9.17) is 4.18 Å². The van der Waals surface area contributed by atoms with Crippen LogP contribution in [0.5, 0.6) is 0 Å². The normalized spacial score (nSPS) is 19.5. The number of likely N-dealkylation sites (tertiary alicyclic amines) is 1. The van der Waals surface area contributed by atoms with Crippen LogP contribution in [0, 0.1) is 16.0 Å². The fraction of sp³-hybridized carbons (Fsp3) is 0.562. The highest BCUT2D eigenvalue weighted by molar-refractivity contribution is 7.86. The number of nitro groups is 1. The lowest BCUT2D eigenvalue weighted by Crippen LogP contribution is -2.41. The molecule has 1 aliphatic rings. The number of non-ortho nitro benzene ring substituents is 1. The van der Waals surface area contributed by atoms with E-state index in [9.17, 15) is 28.4 Å². The highest BCUT2D eigenvalue weighted by Gasteiger charge is 2.40. The van der Waals surface area contributed by atoms with Crippen molar-refractivity contribution in [3.63, 3.8) is 0 Å². The first-order valence-electron chi connectivity index (χ1n) is 8.17. The number of hydrogen-bond acceptors (Lipinski definition) is 6. The minimum Gasteiger partial charge on any atom is -0.465 e. The zero-order valence-electron chi connectivity index (χ0n) is 14.6. The molecule has 1 atom stereocenters. The Balaban J connectivity index is 1.84. The molecule has 1 N–H and O–H groups in total. The van der Waals surface area contributed by atoms with E-state index in [1.54, 1.807) is 0 Å². The number of rotatable bonds is 7. The first-order chi connectivity index (χ1) is 12.0. The van der Waals surface area contributed by atoms with Gasteiger partial charge in [0.05, 0.1) is 16.4 Å². The Morgan fingerprint density at radius 2 is 2.00 bits per heavy atom. The second-order valence-electron chi connectivity index (χ2n) is 6.95. The molecule has 1 amide bonds. The Morgan fingerprint density at radius 1 is 1.38 bits per heavy atom. The van der Waals surface area contributed by atoms with Crippen LogP contribution in [0.3, 0.4) is 0 Å². The number of carboxylic acid groups (broad SMARTS) is 1. The Labute approximate surface area is 151 Å². The topological polar surface area (TPSA) is 127 Å². The van der Waals surface area contributed by atoms with Crippen LogP contribution in [0.25, 0.3) is 0 Å². The summed E-state index contributed by atoms with van der Waals surface area (Å²) in [5.41, 5.74) is -0.627. The summed E-state index contributed by atoms with van der Waals surface area (Å²) in [6.07, 6.45) is 0.896. The molecule has 0 spiro atoms. The van der Waals surface area contributed by atoms with Crippen LogP contribution in [0.4, 0.5) is 10.5 Å². The van der Waals surface area contributed by atoms with Crippen molar-refractivity contribution in [2.45, 2.75) is 43.5 Å². The van der Waals surface area contributed by atoms with Gasteiger partial charge < -0.3 is 10.0 Å². The third kappa shape index (κ3) is 4.70. The van der Waals surface area contributed by atoms with Gasteiger partial charge in [-0.25, -0.2) is 4.79 Å². The lowest BCUT2D eigenvalue weighted by molar-refractivity contribution is -0.384. The van der Waals surface area contributed by atoms with Crippen molar-refractivity contribution in [1.29, 1.82) is 0 Å². The first-order valence-corrected chi connectivity index (χ1v) is 9.58. The van der Waals surface area contributed by atoms with Crippen molar-refractivity contribution in [1.82, 2.24) is 4.90 Å². The molecule has 26 heavy (non-hydrogen) atoms. The SMILES string of the molecule is CC1(C)C[C@H](CCCOS(=O)(=O)c2ccc([N+](=O)[O-])cc2)CN1C(=O)O. The van der Waals surface area contributed by atoms with Crippen molar-refractivity contribution in [3.05, 3.63) is 34.4 Å². The molecule has 1 aromatic carbocycles. The van der Waals surface area contributed by atoms with E-state index in [1.807, 2.05) is 13.8 Å². The average molecular weight is 386 g/mol. The van der Waals surface area contributed by atoms with Crippen molar-refractivity contribution < 1.29 is 27.4 Å². The summed E-state index contributed by atoms with van der Waals surface area (Å²) in [5, 5.41) is 19.8. The summed E-state index contributed by atoms with van der Waals surface area (Å²) >= 11 is 0. The Kier molecular flexibility index (Phi) is 5.87. The fourth-order valence-corrected chi connectivity index (χ4v) is 4.20. The molecule has 0 saturated carbocycles. The van der Waals surface area contributed by atoms with Crippen LogP contribution in [0.15, 0.2) is 29.2 Å². The van der Waals surface area contributed by atoms with Gasteiger partial charge in [0.1, 0.15) is 0 Å². The molecule has 2 rings (SSSR count). The Bertz CT molecular complexity index is 774. The maximum atomic E-state index is 12.1. The van der Waals surface area contributed by atoms with Crippen molar-refractivity contribution in [3.8, 4) is 0 Å². The largest absolute Gasteiger partial charge is 0.465 e. The van der Waals surface area contributed by atoms with Gasteiger partial charge in [-0.15, -0.1) is 0 Å². The molecule has 1 aromatic rings. The highest BCUT2D eigenvalue weighted by Crippen LogP contribution is 2.35. The monoisotopic (exact) mass is 386 g/mol. The smallest absolute Gasteiger partial charge is 0.407 e. The van der Waals surface area contributed by atoms with Crippen LogP contribution in [-0.4, -0.2) is 48.1 Å². The lowest BCUT2D eigenvalue weighted by Gasteiger charge is -2.28. The molecular weight excluding hydrogens is 364 g/mol. The highest BCUT2D eigenvalue weighted by atomic mass is 32.2. The van der Waals surface area contributed by atoms with E-state index in [1.165, 1.54) is 4.90 Å². The van der Waals surface area contributed by atoms with E-state index < -0.39 is 26.7 Å². The predicted molar refractivity (Wildman–Crippen MR) is 92.4 cm³/mol. The quantitative estimate of drug-likeness (QED) is 0.330. The molecule has 0 bridgehead atoms. The maximum Gasteiger partial charge on any atom is 0.407 e. The number of amides is 1. The molecule has 9 nitrogen and oxygen atoms in total.